The fourth-order valence-electron chi connectivity index (χ4n) is 6.03. The van der Waals surface area contributed by atoms with E-state index in [-0.39, 0.29) is 21.7 Å². The third-order valence-corrected chi connectivity index (χ3v) is 7.14. The number of carbonyl (C=O) groups excluding carboxylic acids is 1. The van der Waals surface area contributed by atoms with Gasteiger partial charge in [-0.1, -0.05) is 23.7 Å². The lowest BCUT2D eigenvalue weighted by Gasteiger charge is -2.56. The quantitative estimate of drug-likeness (QED) is 0.855. The van der Waals surface area contributed by atoms with Crippen LogP contribution in [0.3, 0.4) is 0 Å². The van der Waals surface area contributed by atoms with Gasteiger partial charge in [-0.2, -0.15) is 5.10 Å². The Morgan fingerprint density at radius 2 is 1.68 bits per heavy atom. The van der Waals surface area contributed by atoms with Crippen LogP contribution in [0.2, 0.25) is 5.02 Å². The topological polar surface area (TPSA) is 87.0 Å². The number of benzene rings is 1. The number of nitrogens with zero attached hydrogens (tertiary/aromatic N) is 2. The second kappa shape index (κ2) is 6.34. The average Bonchev–Trinajstić information content (AvgIpc) is 2.65. The molecule has 1 N–H and O–H groups in total. The maximum absolute atomic E-state index is 13.1. The number of hydrogen-bond donors (Lipinski definition) is 1. The molecule has 4 bridgehead atoms. The van der Waals surface area contributed by atoms with E-state index in [2.05, 4.69) is 10.4 Å². The molecule has 4 aliphatic rings. The molecule has 4 aliphatic carbocycles. The van der Waals surface area contributed by atoms with Gasteiger partial charge in [0.1, 0.15) is 5.02 Å². The Hall–Kier alpha value is -2.34. The van der Waals surface area contributed by atoms with Gasteiger partial charge in [0.2, 0.25) is 0 Å². The van der Waals surface area contributed by atoms with Crippen LogP contribution in [0.4, 0.5) is 11.4 Å². The van der Waals surface area contributed by atoms with E-state index in [4.69, 9.17) is 11.6 Å². The van der Waals surface area contributed by atoms with Gasteiger partial charge >= 0.3 is 0 Å². The fourth-order valence-corrected chi connectivity index (χ4v) is 6.20. The zero-order valence-corrected chi connectivity index (χ0v) is 16.1. The van der Waals surface area contributed by atoms with Gasteiger partial charge in [0.05, 0.1) is 23.4 Å². The number of carboxylic acid groups (broad SMARTS) is 1. The molecule has 6 rings (SSSR count). The van der Waals surface area contributed by atoms with Crippen molar-refractivity contribution < 1.29 is 9.90 Å². The molecule has 1 heterocycles. The van der Waals surface area contributed by atoms with Gasteiger partial charge < -0.3 is 15.2 Å². The molecule has 0 atom stereocenters. The lowest BCUT2D eigenvalue weighted by Crippen LogP contribution is -2.55. The number of carboxylic acids is 1. The van der Waals surface area contributed by atoms with Crippen molar-refractivity contribution in [2.24, 2.45) is 17.8 Å². The molecule has 0 amide bonds. The van der Waals surface area contributed by atoms with E-state index in [0.717, 1.165) is 19.3 Å². The van der Waals surface area contributed by atoms with E-state index in [0.29, 0.717) is 29.1 Å². The fraction of sp³-hybridized carbons (Fsp3) is 0.476. The van der Waals surface area contributed by atoms with Gasteiger partial charge in [0.25, 0.3) is 5.56 Å². The normalized spacial score (nSPS) is 30.4. The SMILES string of the molecule is O=C([O-])c1ccc(Nc2cnn(C34CC5CC(CC(C5)C3)C4)c(=O)c2Cl)cc1. The first-order chi connectivity index (χ1) is 13.4. The Morgan fingerprint density at radius 3 is 2.21 bits per heavy atom. The van der Waals surface area contributed by atoms with Gasteiger partial charge in [-0.05, 0) is 74.0 Å². The van der Waals surface area contributed by atoms with Crippen LogP contribution in [-0.2, 0) is 5.54 Å². The maximum atomic E-state index is 13.1. The minimum atomic E-state index is -1.23. The molecule has 0 aliphatic heterocycles. The van der Waals surface area contributed by atoms with Gasteiger partial charge in [0.15, 0.2) is 0 Å². The molecule has 0 saturated heterocycles. The van der Waals surface area contributed by atoms with Crippen molar-refractivity contribution in [3.8, 4) is 0 Å². The Labute approximate surface area is 167 Å². The first kappa shape index (κ1) is 17.7. The molecular weight excluding hydrogens is 378 g/mol. The van der Waals surface area contributed by atoms with Crippen molar-refractivity contribution in [1.82, 2.24) is 9.78 Å². The molecule has 4 saturated carbocycles. The molecule has 6 nitrogen and oxygen atoms in total. The van der Waals surface area contributed by atoms with Crippen LogP contribution < -0.4 is 16.0 Å². The summed E-state index contributed by atoms with van der Waals surface area (Å²) >= 11 is 6.43. The second-order valence-electron chi connectivity index (χ2n) is 8.72. The van der Waals surface area contributed by atoms with Crippen LogP contribution in [0.25, 0.3) is 0 Å². The summed E-state index contributed by atoms with van der Waals surface area (Å²) in [5, 5.41) is 18.6. The highest BCUT2D eigenvalue weighted by molar-refractivity contribution is 6.33. The molecule has 7 heteroatoms. The van der Waals surface area contributed by atoms with Gasteiger partial charge in [-0.15, -0.1) is 0 Å². The van der Waals surface area contributed by atoms with Gasteiger partial charge in [-0.25, -0.2) is 4.68 Å². The molecule has 146 valence electrons. The summed E-state index contributed by atoms with van der Waals surface area (Å²) in [6, 6.07) is 6.09. The highest BCUT2D eigenvalue weighted by Crippen LogP contribution is 2.58. The Kier molecular flexibility index (Phi) is 4.02. The number of aromatic carboxylic acids is 1. The van der Waals surface area contributed by atoms with Crippen molar-refractivity contribution >= 4 is 28.9 Å². The highest BCUT2D eigenvalue weighted by Gasteiger charge is 2.53. The summed E-state index contributed by atoms with van der Waals surface area (Å²) < 4.78 is 1.66. The van der Waals surface area contributed by atoms with Crippen LogP contribution in [0.15, 0.2) is 35.3 Å². The lowest BCUT2D eigenvalue weighted by molar-refractivity contribution is -0.255. The first-order valence-electron chi connectivity index (χ1n) is 9.80. The number of halogens is 1. The third kappa shape index (κ3) is 2.82. The van der Waals surface area contributed by atoms with E-state index < -0.39 is 5.97 Å². The summed E-state index contributed by atoms with van der Waals surface area (Å²) in [5.74, 6) is 0.890. The lowest BCUT2D eigenvalue weighted by atomic mass is 9.53. The molecule has 1 aromatic carbocycles. The number of nitrogens with one attached hydrogen (secondary N) is 1. The summed E-state index contributed by atoms with van der Waals surface area (Å²) in [4.78, 5) is 23.9. The largest absolute Gasteiger partial charge is 0.545 e. The van der Waals surface area contributed by atoms with Crippen molar-refractivity contribution in [2.45, 2.75) is 44.1 Å². The second-order valence-corrected chi connectivity index (χ2v) is 9.10. The molecule has 0 unspecified atom stereocenters. The highest BCUT2D eigenvalue weighted by atomic mass is 35.5. The predicted octanol–water partition coefficient (Wildman–Crippen LogP) is 2.93. The molecule has 2 aromatic rings. The van der Waals surface area contributed by atoms with Gasteiger partial charge in [0, 0.05) is 5.69 Å². The summed E-state index contributed by atoms with van der Waals surface area (Å²) in [6.45, 7) is 0. The zero-order valence-electron chi connectivity index (χ0n) is 15.4. The van der Waals surface area contributed by atoms with Crippen molar-refractivity contribution in [2.75, 3.05) is 5.32 Å². The van der Waals surface area contributed by atoms with Crippen LogP contribution in [0.5, 0.6) is 0 Å². The molecule has 4 fully saturated rings. The molecule has 28 heavy (non-hydrogen) atoms. The number of carbonyl (C=O) groups is 1. The number of anilines is 2. The van der Waals surface area contributed by atoms with Crippen molar-refractivity contribution in [3.05, 3.63) is 51.4 Å². The van der Waals surface area contributed by atoms with Crippen molar-refractivity contribution in [1.29, 1.82) is 0 Å². The van der Waals surface area contributed by atoms with Crippen LogP contribution in [0, 0.1) is 17.8 Å². The summed E-state index contributed by atoms with van der Waals surface area (Å²) in [6.07, 6.45) is 8.57. The Balaban J connectivity index is 1.45. The number of hydrogen-bond acceptors (Lipinski definition) is 5. The van der Waals surface area contributed by atoms with E-state index in [1.165, 1.54) is 31.4 Å². The Morgan fingerprint density at radius 1 is 1.11 bits per heavy atom. The van der Waals surface area contributed by atoms with E-state index in [1.54, 1.807) is 23.0 Å². The van der Waals surface area contributed by atoms with Crippen LogP contribution >= 0.6 is 11.6 Å². The third-order valence-electron chi connectivity index (χ3n) is 6.77. The minimum Gasteiger partial charge on any atom is -0.545 e. The number of aromatic nitrogens is 2. The average molecular weight is 399 g/mol. The van der Waals surface area contributed by atoms with E-state index in [9.17, 15) is 14.7 Å². The molecular formula is C21H21ClN3O3-. The smallest absolute Gasteiger partial charge is 0.288 e. The minimum absolute atomic E-state index is 0.0898. The van der Waals surface area contributed by atoms with Gasteiger partial charge in [-0.3, -0.25) is 4.79 Å². The predicted molar refractivity (Wildman–Crippen MR) is 104 cm³/mol. The summed E-state index contributed by atoms with van der Waals surface area (Å²) in [5.41, 5.74) is 0.714. The first-order valence-corrected chi connectivity index (χ1v) is 10.2. The standard InChI is InChI=1S/C21H22ClN3O3/c22-18-17(24-16-3-1-15(2-4-16)20(27)28)11-23-25(19(18)26)21-8-12-5-13(9-21)7-14(6-12)10-21/h1-4,11-14,24H,5-10H2,(H,27,28)/p-1. The zero-order chi connectivity index (χ0) is 19.5. The monoisotopic (exact) mass is 398 g/mol. The van der Waals surface area contributed by atoms with E-state index in [1.807, 2.05) is 0 Å². The number of rotatable bonds is 4. The molecule has 1 aromatic heterocycles. The maximum Gasteiger partial charge on any atom is 0.288 e. The summed E-state index contributed by atoms with van der Waals surface area (Å²) in [7, 11) is 0. The van der Waals surface area contributed by atoms with Crippen LogP contribution in [-0.4, -0.2) is 15.7 Å². The Bertz CT molecular complexity index is 964. The molecule has 0 radical (unpaired) electrons. The van der Waals surface area contributed by atoms with E-state index >= 15 is 0 Å². The molecule has 0 spiro atoms. The van der Waals surface area contributed by atoms with Crippen molar-refractivity contribution in [3.63, 3.8) is 0 Å². The van der Waals surface area contributed by atoms with Crippen LogP contribution in [0.1, 0.15) is 48.9 Å².